The predicted octanol–water partition coefficient (Wildman–Crippen LogP) is 12.5. The number of fused-ring (bicyclic) bond motifs is 2. The molecule has 8 nitrogen and oxygen atoms in total. The van der Waals surface area contributed by atoms with E-state index in [1.807, 2.05) is 84.9 Å². The number of hydrogen-bond acceptors (Lipinski definition) is 9. The van der Waals surface area contributed by atoms with E-state index < -0.39 is 0 Å². The number of nitrogens with zero attached hydrogens (tertiary/aromatic N) is 3. The molecule has 9 heteroatoms. The van der Waals surface area contributed by atoms with Crippen LogP contribution in [-0.4, -0.2) is 15.1 Å². The second kappa shape index (κ2) is 10.5. The van der Waals surface area contributed by atoms with E-state index >= 15 is 0 Å². The monoisotopic (exact) mass is 705 g/mol. The van der Waals surface area contributed by atoms with Crippen LogP contribution in [0.4, 0.5) is 17.1 Å². The van der Waals surface area contributed by atoms with Gasteiger partial charge >= 0.3 is 0 Å². The van der Waals surface area contributed by atoms with Crippen molar-refractivity contribution in [2.45, 2.75) is 9.79 Å². The molecule has 0 aliphatic carbocycles. The number of anilines is 3. The molecule has 7 aromatic carbocycles. The Hall–Kier alpha value is -6.97. The van der Waals surface area contributed by atoms with Crippen molar-refractivity contribution < 1.29 is 23.4 Å². The molecule has 0 bridgehead atoms. The van der Waals surface area contributed by atoms with Gasteiger partial charge in [0.05, 0.1) is 0 Å². The van der Waals surface area contributed by atoms with Gasteiger partial charge in [-0.1, -0.05) is 78.5 Å². The van der Waals surface area contributed by atoms with E-state index in [0.717, 1.165) is 65.7 Å². The fraction of sp³-hybridized carbons (Fsp3) is 0. The zero-order chi connectivity index (χ0) is 34.8. The summed E-state index contributed by atoms with van der Waals surface area (Å²) in [7, 11) is 0. The highest BCUT2D eigenvalue weighted by atomic mass is 32.2. The predicted molar refractivity (Wildman–Crippen MR) is 204 cm³/mol. The van der Waals surface area contributed by atoms with Crippen molar-refractivity contribution in [2.75, 3.05) is 4.90 Å². The van der Waals surface area contributed by atoms with Crippen molar-refractivity contribution in [1.82, 2.24) is 9.97 Å². The van der Waals surface area contributed by atoms with Crippen LogP contribution in [-0.2, 0) is 0 Å². The van der Waals surface area contributed by atoms with Crippen LogP contribution >= 0.6 is 11.8 Å². The smallest absolute Gasteiger partial charge is 0.227 e. The van der Waals surface area contributed by atoms with Gasteiger partial charge in [0.15, 0.2) is 34.2 Å². The molecule has 0 fully saturated rings. The highest BCUT2D eigenvalue weighted by Gasteiger charge is 2.42. The molecule has 1 N–H and O–H groups in total. The SMILES string of the molecule is Oc1ccccc1-c1cc2c3c(c1)Oc1cc(-c4nc5cc(-c6ccccc6)ccc5o4)cc4c1N3c1c(cc(-c3nc5ccccc5o3)cc1S4)O2. The highest BCUT2D eigenvalue weighted by Crippen LogP contribution is 2.68. The van der Waals surface area contributed by atoms with E-state index in [2.05, 4.69) is 41.3 Å². The van der Waals surface area contributed by atoms with Gasteiger partial charge in [0, 0.05) is 26.5 Å². The second-order valence-electron chi connectivity index (χ2n) is 13.2. The molecule has 0 atom stereocenters. The molecule has 0 amide bonds. The molecule has 0 radical (unpaired) electrons. The maximum atomic E-state index is 10.9. The summed E-state index contributed by atoms with van der Waals surface area (Å²) < 4.78 is 26.1. The van der Waals surface area contributed by atoms with Gasteiger partial charge in [0.25, 0.3) is 0 Å². The lowest BCUT2D eigenvalue weighted by molar-refractivity contribution is 0.443. The first-order valence-corrected chi connectivity index (χ1v) is 17.9. The quantitative estimate of drug-likeness (QED) is 0.192. The Kier molecular flexibility index (Phi) is 5.70. The zero-order valence-electron chi connectivity index (χ0n) is 27.5. The summed E-state index contributed by atoms with van der Waals surface area (Å²) in [4.78, 5) is 14.0. The van der Waals surface area contributed by atoms with Crippen molar-refractivity contribution in [3.8, 4) is 73.9 Å². The number of phenolic OH excluding ortho intramolecular Hbond substituents is 1. The highest BCUT2D eigenvalue weighted by molar-refractivity contribution is 7.99. The number of oxazole rings is 2. The molecule has 2 aromatic heterocycles. The van der Waals surface area contributed by atoms with Gasteiger partial charge in [0.1, 0.15) is 33.8 Å². The number of rotatable bonds is 4. The number of phenols is 1. The molecule has 0 unspecified atom stereocenters. The maximum absolute atomic E-state index is 10.9. The minimum atomic E-state index is 0.165. The lowest BCUT2D eigenvalue weighted by atomic mass is 9.99. The van der Waals surface area contributed by atoms with Crippen LogP contribution < -0.4 is 14.4 Å². The topological polar surface area (TPSA) is 94.0 Å². The molecule has 0 saturated carbocycles. The second-order valence-corrected chi connectivity index (χ2v) is 14.3. The van der Waals surface area contributed by atoms with Crippen LogP contribution in [0.2, 0.25) is 0 Å². The molecule has 0 saturated heterocycles. The molecule has 3 aliphatic rings. The fourth-order valence-electron chi connectivity index (χ4n) is 7.54. The van der Waals surface area contributed by atoms with Gasteiger partial charge in [-0.05, 0) is 83.4 Å². The third kappa shape index (κ3) is 4.25. The summed E-state index contributed by atoms with van der Waals surface area (Å²) >= 11 is 1.63. The summed E-state index contributed by atoms with van der Waals surface area (Å²) in [6.07, 6.45) is 0. The number of hydrogen-bond donors (Lipinski definition) is 1. The van der Waals surface area contributed by atoms with E-state index in [0.29, 0.717) is 51.5 Å². The van der Waals surface area contributed by atoms with E-state index in [1.165, 1.54) is 0 Å². The van der Waals surface area contributed by atoms with Crippen molar-refractivity contribution in [3.63, 3.8) is 0 Å². The van der Waals surface area contributed by atoms with Crippen molar-refractivity contribution >= 4 is 51.0 Å². The van der Waals surface area contributed by atoms with Gasteiger partial charge in [-0.3, -0.25) is 4.90 Å². The van der Waals surface area contributed by atoms with Crippen LogP contribution in [0.15, 0.2) is 152 Å². The average Bonchev–Trinajstić information content (AvgIpc) is 3.83. The minimum Gasteiger partial charge on any atom is -0.507 e. The Balaban J connectivity index is 1.06. The van der Waals surface area contributed by atoms with Gasteiger partial charge in [0.2, 0.25) is 11.8 Å². The van der Waals surface area contributed by atoms with Crippen LogP contribution in [0.3, 0.4) is 0 Å². The maximum Gasteiger partial charge on any atom is 0.227 e. The normalized spacial score (nSPS) is 13.2. The Morgan fingerprint density at radius 3 is 1.75 bits per heavy atom. The number of ether oxygens (including phenoxy) is 2. The van der Waals surface area contributed by atoms with Crippen LogP contribution in [0, 0.1) is 0 Å². The number of benzene rings is 7. The number of aromatic hydroxyl groups is 1. The van der Waals surface area contributed by atoms with Gasteiger partial charge in [-0.2, -0.15) is 0 Å². The Labute approximate surface area is 305 Å². The van der Waals surface area contributed by atoms with E-state index in [9.17, 15) is 5.11 Å². The molecule has 3 aliphatic heterocycles. The summed E-state index contributed by atoms with van der Waals surface area (Å²) in [5.41, 5.74) is 10.8. The van der Waals surface area contributed by atoms with Crippen molar-refractivity contribution in [1.29, 1.82) is 0 Å². The van der Waals surface area contributed by atoms with Crippen LogP contribution in [0.1, 0.15) is 0 Å². The number of aromatic nitrogens is 2. The average molecular weight is 706 g/mol. The molecule has 9 aromatic rings. The molecule has 0 spiro atoms. The fourth-order valence-corrected chi connectivity index (χ4v) is 8.73. The number of para-hydroxylation sites is 3. The summed E-state index contributed by atoms with van der Waals surface area (Å²) in [5.74, 6) is 3.70. The molecule has 12 rings (SSSR count). The third-order valence-corrected chi connectivity index (χ3v) is 11.0. The van der Waals surface area contributed by atoms with E-state index in [-0.39, 0.29) is 5.75 Å². The molecular weight excluding hydrogens is 683 g/mol. The molecule has 5 heterocycles. The first-order chi connectivity index (χ1) is 26.1. The zero-order valence-corrected chi connectivity index (χ0v) is 28.3. The minimum absolute atomic E-state index is 0.165. The molecule has 53 heavy (non-hydrogen) atoms. The standard InChI is InChI=1S/C44H23N3O5S/c48-31-12-6-4-10-28(31)25-17-34-40-35(18-25)50-37-20-27(44-46-30-16-24(14-15-33(30)52-44)23-8-2-1-3-9-23)22-39-42(37)47(40)41-36(49-34)19-26(21-38(41)53-39)43-45-29-11-5-7-13-32(29)51-43/h1-22,48H. The molecular formula is C44H23N3O5S. The Morgan fingerprint density at radius 1 is 0.472 bits per heavy atom. The van der Waals surface area contributed by atoms with Gasteiger partial charge < -0.3 is 23.4 Å². The van der Waals surface area contributed by atoms with Crippen molar-refractivity contribution in [3.05, 3.63) is 133 Å². The largest absolute Gasteiger partial charge is 0.507 e. The molecule has 250 valence electrons. The summed E-state index contributed by atoms with van der Waals surface area (Å²) in [6, 6.07) is 43.4. The van der Waals surface area contributed by atoms with E-state index in [4.69, 9.17) is 28.3 Å². The Bertz CT molecular complexity index is 2990. The van der Waals surface area contributed by atoms with Gasteiger partial charge in [-0.15, -0.1) is 0 Å². The Morgan fingerprint density at radius 2 is 1.06 bits per heavy atom. The summed E-state index contributed by atoms with van der Waals surface area (Å²) in [6.45, 7) is 0. The van der Waals surface area contributed by atoms with Gasteiger partial charge in [-0.25, -0.2) is 9.97 Å². The van der Waals surface area contributed by atoms with Crippen molar-refractivity contribution in [2.24, 2.45) is 0 Å². The first kappa shape index (κ1) is 28.7. The van der Waals surface area contributed by atoms with Crippen LogP contribution in [0.25, 0.3) is 67.4 Å². The summed E-state index contributed by atoms with van der Waals surface area (Å²) in [5, 5.41) is 10.9. The van der Waals surface area contributed by atoms with E-state index in [1.54, 1.807) is 23.9 Å². The third-order valence-electron chi connectivity index (χ3n) is 9.95. The first-order valence-electron chi connectivity index (χ1n) is 17.1. The lowest BCUT2D eigenvalue weighted by Gasteiger charge is -2.42. The lowest BCUT2D eigenvalue weighted by Crippen LogP contribution is -2.23. The van der Waals surface area contributed by atoms with Crippen LogP contribution in [0.5, 0.6) is 28.7 Å².